The average molecular weight is 429 g/mol. The Morgan fingerprint density at radius 1 is 1.03 bits per heavy atom. The molecule has 0 unspecified atom stereocenters. The van der Waals surface area contributed by atoms with E-state index in [2.05, 4.69) is 10.6 Å². The van der Waals surface area contributed by atoms with Gasteiger partial charge < -0.3 is 20.6 Å². The molecule has 3 atom stereocenters. The minimum absolute atomic E-state index is 0.149. The summed E-state index contributed by atoms with van der Waals surface area (Å²) in [5.41, 5.74) is 1.42. The van der Waals surface area contributed by atoms with Crippen molar-refractivity contribution >= 4 is 28.5 Å². The molecule has 7 nitrogen and oxygen atoms in total. The molecular weight excluding hydrogens is 406 g/mol. The molecule has 2 aliphatic heterocycles. The molecular formula is C25H23N3O4. The van der Waals surface area contributed by atoms with Crippen molar-refractivity contribution in [3.05, 3.63) is 77.9 Å². The zero-order valence-electron chi connectivity index (χ0n) is 17.3. The molecule has 2 saturated heterocycles. The van der Waals surface area contributed by atoms with Gasteiger partial charge >= 0.3 is 0 Å². The summed E-state index contributed by atoms with van der Waals surface area (Å²) >= 11 is 0. The lowest BCUT2D eigenvalue weighted by Crippen LogP contribution is -2.61. The van der Waals surface area contributed by atoms with Crippen LogP contribution in [0.3, 0.4) is 0 Å². The number of phenols is 1. The van der Waals surface area contributed by atoms with Crippen molar-refractivity contribution in [3.8, 4) is 5.75 Å². The molecule has 0 aromatic heterocycles. The van der Waals surface area contributed by atoms with Gasteiger partial charge in [-0.2, -0.15) is 0 Å². The number of fused-ring (bicyclic) bond motifs is 2. The van der Waals surface area contributed by atoms with E-state index in [0.29, 0.717) is 24.9 Å². The minimum atomic E-state index is -0.657. The highest BCUT2D eigenvalue weighted by Gasteiger charge is 2.46. The van der Waals surface area contributed by atoms with Crippen LogP contribution in [0.2, 0.25) is 0 Å². The van der Waals surface area contributed by atoms with E-state index in [4.69, 9.17) is 0 Å². The van der Waals surface area contributed by atoms with Crippen molar-refractivity contribution in [2.75, 3.05) is 6.54 Å². The summed E-state index contributed by atoms with van der Waals surface area (Å²) in [5.74, 6) is -0.405. The van der Waals surface area contributed by atoms with Gasteiger partial charge in [0.15, 0.2) is 0 Å². The number of aromatic hydroxyl groups is 1. The fourth-order valence-corrected chi connectivity index (χ4v) is 4.66. The number of hydrogen-bond donors (Lipinski definition) is 3. The summed E-state index contributed by atoms with van der Waals surface area (Å²) in [6, 6.07) is 18.3. The van der Waals surface area contributed by atoms with Crippen LogP contribution in [-0.2, 0) is 16.0 Å². The second-order valence-electron chi connectivity index (χ2n) is 8.37. The van der Waals surface area contributed by atoms with Crippen molar-refractivity contribution in [1.82, 2.24) is 15.5 Å². The Bertz CT molecular complexity index is 1200. The molecule has 0 bridgehead atoms. The second kappa shape index (κ2) is 8.00. The predicted molar refractivity (Wildman–Crippen MR) is 119 cm³/mol. The van der Waals surface area contributed by atoms with Gasteiger partial charge in [-0.1, -0.05) is 48.5 Å². The number of nitrogens with one attached hydrogen (secondary N) is 2. The number of phenolic OH excluding ortho intramolecular Hbond substituents is 1. The van der Waals surface area contributed by atoms with Crippen molar-refractivity contribution in [2.24, 2.45) is 0 Å². The molecule has 162 valence electrons. The van der Waals surface area contributed by atoms with Crippen LogP contribution in [0.5, 0.6) is 5.75 Å². The Hall–Kier alpha value is -3.87. The molecule has 3 amide bonds. The summed E-state index contributed by atoms with van der Waals surface area (Å²) in [6.45, 7) is 0.305. The highest BCUT2D eigenvalue weighted by Crippen LogP contribution is 2.25. The number of piperazine rings is 1. The summed E-state index contributed by atoms with van der Waals surface area (Å²) in [6.07, 6.45) is 0.737. The van der Waals surface area contributed by atoms with Crippen LogP contribution in [-0.4, -0.2) is 52.4 Å². The van der Waals surface area contributed by atoms with E-state index in [0.717, 1.165) is 16.3 Å². The van der Waals surface area contributed by atoms with Crippen LogP contribution in [0.15, 0.2) is 66.7 Å². The van der Waals surface area contributed by atoms with Crippen LogP contribution < -0.4 is 10.6 Å². The van der Waals surface area contributed by atoms with Crippen LogP contribution >= 0.6 is 0 Å². The first-order chi connectivity index (χ1) is 15.5. The standard InChI is InChI=1S/C25H23N3O4/c29-18-10-8-15(9-11-18)12-21-25(32)28-14-17(13-22(28)24(31)27-21)26-23(30)20-7-3-5-16-4-1-2-6-19(16)20/h1-11,17,21-22,29H,12-14H2,(H,26,30)(H,27,31)/t17-,21+,22-/m0/s1. The lowest BCUT2D eigenvalue weighted by Gasteiger charge is -2.34. The third-order valence-corrected chi connectivity index (χ3v) is 6.25. The Morgan fingerprint density at radius 3 is 2.59 bits per heavy atom. The Morgan fingerprint density at radius 2 is 1.78 bits per heavy atom. The van der Waals surface area contributed by atoms with E-state index in [9.17, 15) is 19.5 Å². The fraction of sp³-hybridized carbons (Fsp3) is 0.240. The predicted octanol–water partition coefficient (Wildman–Crippen LogP) is 1.99. The smallest absolute Gasteiger partial charge is 0.252 e. The Kier molecular flexibility index (Phi) is 5.01. The highest BCUT2D eigenvalue weighted by atomic mass is 16.3. The maximum atomic E-state index is 13.0. The van der Waals surface area contributed by atoms with Gasteiger partial charge in [0, 0.05) is 24.6 Å². The molecule has 2 aliphatic rings. The van der Waals surface area contributed by atoms with Gasteiger partial charge in [0.05, 0.1) is 0 Å². The summed E-state index contributed by atoms with van der Waals surface area (Å²) in [7, 11) is 0. The molecule has 5 rings (SSSR count). The summed E-state index contributed by atoms with van der Waals surface area (Å²) in [5, 5.41) is 17.1. The van der Waals surface area contributed by atoms with E-state index < -0.39 is 12.1 Å². The molecule has 3 aromatic rings. The second-order valence-corrected chi connectivity index (χ2v) is 8.37. The minimum Gasteiger partial charge on any atom is -0.508 e. The molecule has 0 aliphatic carbocycles. The third kappa shape index (κ3) is 3.66. The largest absolute Gasteiger partial charge is 0.508 e. The molecule has 0 saturated carbocycles. The van der Waals surface area contributed by atoms with Gasteiger partial charge in [0.2, 0.25) is 11.8 Å². The first-order valence-corrected chi connectivity index (χ1v) is 10.7. The molecule has 32 heavy (non-hydrogen) atoms. The number of amides is 3. The number of rotatable bonds is 4. The summed E-state index contributed by atoms with van der Waals surface area (Å²) < 4.78 is 0. The van der Waals surface area contributed by atoms with Crippen molar-refractivity contribution in [2.45, 2.75) is 31.0 Å². The monoisotopic (exact) mass is 429 g/mol. The van der Waals surface area contributed by atoms with E-state index in [1.165, 1.54) is 0 Å². The Labute approximate surface area is 185 Å². The average Bonchev–Trinajstić information content (AvgIpc) is 3.23. The lowest BCUT2D eigenvalue weighted by molar-refractivity contribution is -0.147. The van der Waals surface area contributed by atoms with Crippen LogP contribution in [0.1, 0.15) is 22.3 Å². The van der Waals surface area contributed by atoms with Gasteiger partial charge in [-0.3, -0.25) is 14.4 Å². The van der Waals surface area contributed by atoms with Gasteiger partial charge in [-0.15, -0.1) is 0 Å². The molecule has 3 aromatic carbocycles. The van der Waals surface area contributed by atoms with Crippen LogP contribution in [0.4, 0.5) is 0 Å². The van der Waals surface area contributed by atoms with Crippen molar-refractivity contribution in [1.29, 1.82) is 0 Å². The van der Waals surface area contributed by atoms with E-state index in [-0.39, 0.29) is 29.5 Å². The summed E-state index contributed by atoms with van der Waals surface area (Å²) in [4.78, 5) is 40.3. The van der Waals surface area contributed by atoms with Gasteiger partial charge in [-0.25, -0.2) is 0 Å². The normalized spacial score (nSPS) is 22.5. The molecule has 2 heterocycles. The van der Waals surface area contributed by atoms with E-state index in [1.807, 2.05) is 36.4 Å². The zero-order valence-corrected chi connectivity index (χ0v) is 17.3. The van der Waals surface area contributed by atoms with Crippen molar-refractivity contribution in [3.63, 3.8) is 0 Å². The van der Waals surface area contributed by atoms with Crippen molar-refractivity contribution < 1.29 is 19.5 Å². The molecule has 0 radical (unpaired) electrons. The molecule has 3 N–H and O–H groups in total. The number of carbonyl (C=O) groups is 3. The maximum Gasteiger partial charge on any atom is 0.252 e. The fourth-order valence-electron chi connectivity index (χ4n) is 4.66. The van der Waals surface area contributed by atoms with Gasteiger partial charge in [-0.05, 0) is 41.0 Å². The number of nitrogens with zero attached hydrogens (tertiary/aromatic N) is 1. The number of hydrogen-bond acceptors (Lipinski definition) is 4. The molecule has 2 fully saturated rings. The zero-order chi connectivity index (χ0) is 22.2. The third-order valence-electron chi connectivity index (χ3n) is 6.25. The quantitative estimate of drug-likeness (QED) is 0.591. The SMILES string of the molecule is O=C(N[C@H]1C[C@H]2C(=O)N[C@H](Cc3ccc(O)cc3)C(=O)N2C1)c1cccc2ccccc12. The Balaban J connectivity index is 1.29. The first kappa shape index (κ1) is 20.1. The van der Waals surface area contributed by atoms with Gasteiger partial charge in [0.1, 0.15) is 17.8 Å². The van der Waals surface area contributed by atoms with E-state index in [1.54, 1.807) is 35.2 Å². The molecule has 7 heteroatoms. The van der Waals surface area contributed by atoms with Crippen LogP contribution in [0.25, 0.3) is 10.8 Å². The first-order valence-electron chi connectivity index (χ1n) is 10.7. The molecule has 0 spiro atoms. The number of benzene rings is 3. The maximum absolute atomic E-state index is 13.0. The lowest BCUT2D eigenvalue weighted by atomic mass is 10.0. The topological polar surface area (TPSA) is 98.7 Å². The highest BCUT2D eigenvalue weighted by molar-refractivity contribution is 6.07. The van der Waals surface area contributed by atoms with Crippen LogP contribution in [0, 0.1) is 0 Å². The van der Waals surface area contributed by atoms with Gasteiger partial charge in [0.25, 0.3) is 5.91 Å². The van der Waals surface area contributed by atoms with E-state index >= 15 is 0 Å². The number of carbonyl (C=O) groups excluding carboxylic acids is 3.